The van der Waals surface area contributed by atoms with Crippen LogP contribution in [-0.4, -0.2) is 80.8 Å². The maximum atomic E-state index is 13.7. The average molecular weight is 571 g/mol. The monoisotopic (exact) mass is 571 g/mol. The lowest BCUT2D eigenvalue weighted by molar-refractivity contribution is -0.193. The number of aryl methyl sites for hydroxylation is 1. The molecule has 4 heterocycles. The second kappa shape index (κ2) is 13.0. The number of halogens is 7. The zero-order valence-electron chi connectivity index (χ0n) is 20.3. The molecule has 0 aliphatic carbocycles. The number of alkyl halides is 6. The van der Waals surface area contributed by atoms with Crippen molar-refractivity contribution in [1.29, 1.82) is 0 Å². The van der Waals surface area contributed by atoms with Gasteiger partial charge >= 0.3 is 24.3 Å². The van der Waals surface area contributed by atoms with Gasteiger partial charge in [-0.05, 0) is 31.2 Å². The summed E-state index contributed by atoms with van der Waals surface area (Å²) in [6.45, 7) is 5.17. The molecule has 216 valence electrons. The molecule has 0 saturated carbocycles. The molecule has 0 amide bonds. The third-order valence-corrected chi connectivity index (χ3v) is 5.29. The summed E-state index contributed by atoms with van der Waals surface area (Å²) in [5.74, 6) is -5.84. The predicted octanol–water partition coefficient (Wildman–Crippen LogP) is 4.00. The molecule has 16 heteroatoms. The number of nitrogens with zero attached hydrogens (tertiary/aromatic N) is 3. The van der Waals surface area contributed by atoms with Gasteiger partial charge in [0.05, 0.1) is 17.9 Å². The van der Waals surface area contributed by atoms with Crippen molar-refractivity contribution in [3.8, 4) is 5.88 Å². The van der Waals surface area contributed by atoms with E-state index in [4.69, 9.17) is 29.3 Å². The van der Waals surface area contributed by atoms with Crippen molar-refractivity contribution >= 4 is 11.9 Å². The van der Waals surface area contributed by atoms with E-state index in [1.807, 2.05) is 19.1 Å². The summed E-state index contributed by atoms with van der Waals surface area (Å²) in [5.41, 5.74) is 1.93. The minimum atomic E-state index is -5.08. The van der Waals surface area contributed by atoms with Gasteiger partial charge in [-0.25, -0.2) is 19.0 Å². The highest BCUT2D eigenvalue weighted by Gasteiger charge is 2.48. The number of aromatic nitrogens is 2. The molecule has 0 bridgehead atoms. The molecule has 2 aliphatic heterocycles. The van der Waals surface area contributed by atoms with E-state index in [-0.39, 0.29) is 17.6 Å². The zero-order valence-corrected chi connectivity index (χ0v) is 20.3. The van der Waals surface area contributed by atoms with Crippen LogP contribution in [0.5, 0.6) is 5.88 Å². The molecule has 2 N–H and O–H groups in total. The Bertz CT molecular complexity index is 1100. The number of aliphatic carboxylic acids is 2. The van der Waals surface area contributed by atoms with Crippen molar-refractivity contribution in [2.24, 2.45) is 0 Å². The second-order valence-corrected chi connectivity index (χ2v) is 8.58. The van der Waals surface area contributed by atoms with Crippen LogP contribution >= 0.6 is 0 Å². The lowest BCUT2D eigenvalue weighted by atomic mass is 9.84. The smallest absolute Gasteiger partial charge is 0.475 e. The van der Waals surface area contributed by atoms with Crippen LogP contribution in [0.4, 0.5) is 30.7 Å². The number of carboxylic acid groups (broad SMARTS) is 2. The van der Waals surface area contributed by atoms with Crippen molar-refractivity contribution < 1.29 is 60.0 Å². The highest BCUT2D eigenvalue weighted by molar-refractivity contribution is 5.73. The summed E-state index contributed by atoms with van der Waals surface area (Å²) in [5, 5.41) is 14.2. The summed E-state index contributed by atoms with van der Waals surface area (Å²) in [6.07, 6.45) is -7.15. The number of carboxylic acids is 2. The summed E-state index contributed by atoms with van der Waals surface area (Å²) >= 11 is 0. The first-order valence-electron chi connectivity index (χ1n) is 11.2. The summed E-state index contributed by atoms with van der Waals surface area (Å²) in [7, 11) is 0. The molecule has 4 rings (SSSR count). The molecule has 2 saturated heterocycles. The number of carbonyl (C=O) groups is 2. The van der Waals surface area contributed by atoms with E-state index < -0.39 is 30.1 Å². The van der Waals surface area contributed by atoms with Crippen LogP contribution in [0.2, 0.25) is 0 Å². The minimum absolute atomic E-state index is 0.0580. The van der Waals surface area contributed by atoms with Crippen LogP contribution < -0.4 is 4.74 Å². The molecule has 2 fully saturated rings. The molecular formula is C23H24F7N3O6. The maximum Gasteiger partial charge on any atom is 0.490 e. The van der Waals surface area contributed by atoms with Gasteiger partial charge in [0.2, 0.25) is 0 Å². The molecule has 39 heavy (non-hydrogen) atoms. The summed E-state index contributed by atoms with van der Waals surface area (Å²) in [6, 6.07) is 9.03. The first kappa shape index (κ1) is 31.7. The van der Waals surface area contributed by atoms with Crippen molar-refractivity contribution in [3.63, 3.8) is 0 Å². The second-order valence-electron chi connectivity index (χ2n) is 8.58. The Morgan fingerprint density at radius 1 is 1.08 bits per heavy atom. The van der Waals surface area contributed by atoms with Gasteiger partial charge in [0.1, 0.15) is 6.10 Å². The van der Waals surface area contributed by atoms with E-state index in [2.05, 4.69) is 20.9 Å². The fraction of sp³-hybridized carbons (Fsp3) is 0.478. The topological polar surface area (TPSA) is 122 Å². The van der Waals surface area contributed by atoms with Gasteiger partial charge in [-0.2, -0.15) is 26.3 Å². The van der Waals surface area contributed by atoms with Crippen molar-refractivity contribution in [2.75, 3.05) is 19.7 Å². The molecule has 1 spiro atoms. The Labute approximate surface area is 217 Å². The normalized spacial score (nSPS) is 18.5. The number of pyridine rings is 2. The van der Waals surface area contributed by atoms with Gasteiger partial charge < -0.3 is 19.7 Å². The predicted molar refractivity (Wildman–Crippen MR) is 118 cm³/mol. The van der Waals surface area contributed by atoms with E-state index in [0.29, 0.717) is 6.61 Å². The van der Waals surface area contributed by atoms with E-state index in [9.17, 15) is 30.7 Å². The quantitative estimate of drug-likeness (QED) is 0.525. The van der Waals surface area contributed by atoms with Crippen LogP contribution in [0.25, 0.3) is 0 Å². The lowest BCUT2D eigenvalue weighted by Gasteiger charge is -2.53. The van der Waals surface area contributed by atoms with Gasteiger partial charge in [-0.1, -0.05) is 6.07 Å². The summed E-state index contributed by atoms with van der Waals surface area (Å²) in [4.78, 5) is 28.7. The molecule has 0 radical (unpaired) electrons. The van der Waals surface area contributed by atoms with Gasteiger partial charge in [0, 0.05) is 44.4 Å². The van der Waals surface area contributed by atoms with Crippen LogP contribution in [0, 0.1) is 12.7 Å². The largest absolute Gasteiger partial charge is 0.490 e. The number of rotatable bonds is 4. The van der Waals surface area contributed by atoms with Crippen molar-refractivity contribution in [1.82, 2.24) is 14.9 Å². The average Bonchev–Trinajstić information content (AvgIpc) is 2.79. The molecule has 0 aromatic carbocycles. The Kier molecular flexibility index (Phi) is 10.6. The number of likely N-dealkylation sites (tertiary alicyclic amines) is 1. The first-order chi connectivity index (χ1) is 18.0. The Morgan fingerprint density at radius 3 is 2.18 bits per heavy atom. The minimum Gasteiger partial charge on any atom is -0.475 e. The molecular weight excluding hydrogens is 547 g/mol. The fourth-order valence-corrected chi connectivity index (χ4v) is 3.72. The van der Waals surface area contributed by atoms with Gasteiger partial charge in [0.15, 0.2) is 5.82 Å². The van der Waals surface area contributed by atoms with Crippen LogP contribution in [0.3, 0.4) is 0 Å². The standard InChI is InChI=1S/C19H22FN3O2.2C2HF3O2/c1-14-4-2-5-15(22-14)11-23-12-19(13-23)10-16(7-9-24-19)25-18-17(20)6-3-8-21-18;2*3-2(4,5)1(6)7/h2-6,8,16H,7,9-13H2,1H3;2*(H,6,7). The molecule has 2 aromatic rings. The van der Waals surface area contributed by atoms with Gasteiger partial charge in [0.25, 0.3) is 5.88 Å². The molecule has 1 unspecified atom stereocenters. The Hall–Kier alpha value is -3.53. The molecule has 2 aliphatic rings. The molecule has 9 nitrogen and oxygen atoms in total. The lowest BCUT2D eigenvalue weighted by Crippen LogP contribution is -2.65. The van der Waals surface area contributed by atoms with Crippen molar-refractivity contribution in [2.45, 2.75) is 50.4 Å². The third kappa shape index (κ3) is 10.3. The highest BCUT2D eigenvalue weighted by atomic mass is 19.4. The number of ether oxygens (including phenoxy) is 2. The number of hydrogen-bond acceptors (Lipinski definition) is 7. The van der Waals surface area contributed by atoms with Gasteiger partial charge in [-0.3, -0.25) is 9.88 Å². The maximum absolute atomic E-state index is 13.7. The van der Waals surface area contributed by atoms with Crippen LogP contribution in [0.15, 0.2) is 36.5 Å². The first-order valence-corrected chi connectivity index (χ1v) is 11.2. The summed E-state index contributed by atoms with van der Waals surface area (Å²) < 4.78 is 89.0. The van der Waals surface area contributed by atoms with Crippen LogP contribution in [0.1, 0.15) is 24.2 Å². The van der Waals surface area contributed by atoms with E-state index in [1.165, 1.54) is 6.07 Å². The highest BCUT2D eigenvalue weighted by Crippen LogP contribution is 2.36. The SMILES string of the molecule is Cc1cccc(CN2CC3(CC(Oc4ncccc4F)CCO3)C2)n1.O=C(O)C(F)(F)F.O=C(O)C(F)(F)F. The van der Waals surface area contributed by atoms with Crippen molar-refractivity contribution in [3.05, 3.63) is 53.7 Å². The Morgan fingerprint density at radius 2 is 1.67 bits per heavy atom. The fourth-order valence-electron chi connectivity index (χ4n) is 3.72. The third-order valence-electron chi connectivity index (χ3n) is 5.29. The zero-order chi connectivity index (χ0) is 29.4. The Balaban J connectivity index is 0.000000317. The number of hydrogen-bond donors (Lipinski definition) is 2. The van der Waals surface area contributed by atoms with E-state index in [1.54, 1.807) is 12.3 Å². The molecule has 2 aromatic heterocycles. The van der Waals surface area contributed by atoms with Crippen LogP contribution in [-0.2, 0) is 20.9 Å². The molecule has 1 atom stereocenters. The van der Waals surface area contributed by atoms with Gasteiger partial charge in [-0.15, -0.1) is 0 Å². The van der Waals surface area contributed by atoms with E-state index in [0.717, 1.165) is 43.9 Å². The van der Waals surface area contributed by atoms with E-state index >= 15 is 0 Å².